The van der Waals surface area contributed by atoms with Gasteiger partial charge in [-0.3, -0.25) is 9.78 Å². The summed E-state index contributed by atoms with van der Waals surface area (Å²) in [6.45, 7) is 8.09. The van der Waals surface area contributed by atoms with E-state index in [1.807, 2.05) is 13.0 Å². The summed E-state index contributed by atoms with van der Waals surface area (Å²) >= 11 is 0. The molecule has 0 aliphatic rings. The molecule has 0 saturated carbocycles. The molecule has 0 aliphatic heterocycles. The number of fused-ring (bicyclic) bond motifs is 1. The van der Waals surface area contributed by atoms with Gasteiger partial charge in [-0.2, -0.15) is 5.10 Å². The van der Waals surface area contributed by atoms with Gasteiger partial charge in [-0.1, -0.05) is 27.7 Å². The van der Waals surface area contributed by atoms with Gasteiger partial charge in [-0.25, -0.2) is 4.52 Å². The van der Waals surface area contributed by atoms with Crippen LogP contribution in [0.2, 0.25) is 0 Å². The van der Waals surface area contributed by atoms with E-state index in [2.05, 4.69) is 30.9 Å². The van der Waals surface area contributed by atoms with Gasteiger partial charge in [0.1, 0.15) is 5.92 Å². The summed E-state index contributed by atoms with van der Waals surface area (Å²) in [6.07, 6.45) is 3.87. The highest BCUT2D eigenvalue weighted by atomic mass is 16.4. The first-order valence-corrected chi connectivity index (χ1v) is 6.42. The lowest BCUT2D eigenvalue weighted by Gasteiger charge is -2.13. The minimum Gasteiger partial charge on any atom is -0.481 e. The molecule has 0 amide bonds. The molecule has 102 valence electrons. The lowest BCUT2D eigenvalue weighted by atomic mass is 9.92. The van der Waals surface area contributed by atoms with Crippen LogP contribution < -0.4 is 0 Å². The fourth-order valence-corrected chi connectivity index (χ4v) is 2.06. The van der Waals surface area contributed by atoms with E-state index in [-0.39, 0.29) is 5.41 Å². The molecule has 0 fully saturated rings. The minimum absolute atomic E-state index is 0.0752. The van der Waals surface area contributed by atoms with Gasteiger partial charge in [-0.15, -0.1) is 0 Å². The maximum absolute atomic E-state index is 11.3. The van der Waals surface area contributed by atoms with Gasteiger partial charge in [0.15, 0.2) is 0 Å². The molecule has 0 aliphatic carbocycles. The van der Waals surface area contributed by atoms with E-state index in [1.54, 1.807) is 16.9 Å². The third-order valence-corrected chi connectivity index (χ3v) is 3.22. The zero-order chi connectivity index (χ0) is 14.2. The van der Waals surface area contributed by atoms with Crippen LogP contribution in [0.5, 0.6) is 0 Å². The fourth-order valence-electron chi connectivity index (χ4n) is 2.06. The molecule has 0 radical (unpaired) electrons. The molecule has 1 unspecified atom stereocenters. The van der Waals surface area contributed by atoms with E-state index in [4.69, 9.17) is 0 Å². The van der Waals surface area contributed by atoms with Crippen LogP contribution in [0.3, 0.4) is 0 Å². The van der Waals surface area contributed by atoms with Crippen molar-refractivity contribution < 1.29 is 9.90 Å². The van der Waals surface area contributed by atoms with Crippen LogP contribution >= 0.6 is 0 Å². The molecular formula is C14H19N3O2. The first kappa shape index (κ1) is 13.5. The standard InChI is InChI=1S/C14H19N3O2/c1-5-9(13(18)19)12-10-8-11(14(2,3)4)16-17(10)7-6-15-12/h6-9H,5H2,1-4H3,(H,18,19). The van der Waals surface area contributed by atoms with E-state index >= 15 is 0 Å². The maximum Gasteiger partial charge on any atom is 0.312 e. The molecule has 0 spiro atoms. The average molecular weight is 261 g/mol. The molecule has 1 atom stereocenters. The van der Waals surface area contributed by atoms with Crippen molar-refractivity contribution in [2.75, 3.05) is 0 Å². The molecule has 5 nitrogen and oxygen atoms in total. The minimum atomic E-state index is -0.846. The van der Waals surface area contributed by atoms with Crippen LogP contribution in [-0.2, 0) is 10.2 Å². The van der Waals surface area contributed by atoms with Crippen LogP contribution in [0.4, 0.5) is 0 Å². The number of hydrogen-bond acceptors (Lipinski definition) is 3. The van der Waals surface area contributed by atoms with Gasteiger partial charge in [-0.05, 0) is 12.5 Å². The predicted octanol–water partition coefficient (Wildman–Crippen LogP) is 2.61. The van der Waals surface area contributed by atoms with E-state index in [0.29, 0.717) is 12.1 Å². The molecule has 2 rings (SSSR count). The molecule has 2 heterocycles. The Bertz CT molecular complexity index is 611. The largest absolute Gasteiger partial charge is 0.481 e. The van der Waals surface area contributed by atoms with Gasteiger partial charge < -0.3 is 5.11 Å². The number of aromatic nitrogens is 3. The van der Waals surface area contributed by atoms with Crippen LogP contribution in [0.25, 0.3) is 5.52 Å². The second kappa shape index (κ2) is 4.64. The Hall–Kier alpha value is -1.91. The van der Waals surface area contributed by atoms with E-state index < -0.39 is 11.9 Å². The number of carbonyl (C=O) groups is 1. The summed E-state index contributed by atoms with van der Waals surface area (Å²) in [5.41, 5.74) is 2.22. The Kier molecular flexibility index (Phi) is 3.30. The number of carboxylic acid groups (broad SMARTS) is 1. The van der Waals surface area contributed by atoms with Crippen molar-refractivity contribution >= 4 is 11.5 Å². The SMILES string of the molecule is CCC(C(=O)O)c1nccn2nc(C(C)(C)C)cc12. The molecule has 0 aromatic carbocycles. The molecule has 19 heavy (non-hydrogen) atoms. The normalized spacial score (nSPS) is 13.7. The monoisotopic (exact) mass is 261 g/mol. The lowest BCUT2D eigenvalue weighted by Crippen LogP contribution is -2.13. The van der Waals surface area contributed by atoms with Gasteiger partial charge in [0.2, 0.25) is 0 Å². The maximum atomic E-state index is 11.3. The Balaban J connectivity index is 2.63. The van der Waals surface area contributed by atoms with E-state index in [9.17, 15) is 9.90 Å². The van der Waals surface area contributed by atoms with Crippen molar-refractivity contribution in [2.45, 2.75) is 45.4 Å². The Morgan fingerprint density at radius 1 is 1.47 bits per heavy atom. The smallest absolute Gasteiger partial charge is 0.312 e. The molecule has 1 N–H and O–H groups in total. The van der Waals surface area contributed by atoms with Crippen molar-refractivity contribution in [1.82, 2.24) is 14.6 Å². The third kappa shape index (κ3) is 2.45. The van der Waals surface area contributed by atoms with Crippen LogP contribution in [-0.4, -0.2) is 25.7 Å². The van der Waals surface area contributed by atoms with Crippen molar-refractivity contribution in [3.8, 4) is 0 Å². The van der Waals surface area contributed by atoms with Crippen LogP contribution in [0, 0.1) is 0 Å². The van der Waals surface area contributed by atoms with Crippen molar-refractivity contribution in [3.63, 3.8) is 0 Å². The van der Waals surface area contributed by atoms with Crippen molar-refractivity contribution in [1.29, 1.82) is 0 Å². The second-order valence-corrected chi connectivity index (χ2v) is 5.72. The Morgan fingerprint density at radius 2 is 2.16 bits per heavy atom. The van der Waals surface area contributed by atoms with Gasteiger partial charge in [0.05, 0.1) is 16.9 Å². The zero-order valence-electron chi connectivity index (χ0n) is 11.7. The first-order valence-electron chi connectivity index (χ1n) is 6.42. The van der Waals surface area contributed by atoms with Crippen molar-refractivity contribution in [3.05, 3.63) is 29.8 Å². The summed E-state index contributed by atoms with van der Waals surface area (Å²) in [4.78, 5) is 15.6. The molecule has 2 aromatic heterocycles. The van der Waals surface area contributed by atoms with Crippen molar-refractivity contribution in [2.24, 2.45) is 0 Å². The second-order valence-electron chi connectivity index (χ2n) is 5.72. The number of nitrogens with zero attached hydrogens (tertiary/aromatic N) is 3. The lowest BCUT2D eigenvalue weighted by molar-refractivity contribution is -0.138. The predicted molar refractivity (Wildman–Crippen MR) is 72.4 cm³/mol. The number of rotatable bonds is 3. The molecule has 5 heteroatoms. The molecular weight excluding hydrogens is 242 g/mol. The topological polar surface area (TPSA) is 67.5 Å². The molecule has 0 bridgehead atoms. The fraction of sp³-hybridized carbons (Fsp3) is 0.500. The summed E-state index contributed by atoms with van der Waals surface area (Å²) in [6, 6.07) is 1.94. The van der Waals surface area contributed by atoms with E-state index in [1.165, 1.54) is 0 Å². The highest BCUT2D eigenvalue weighted by Crippen LogP contribution is 2.27. The van der Waals surface area contributed by atoms with Crippen LogP contribution in [0.15, 0.2) is 18.5 Å². The quantitative estimate of drug-likeness (QED) is 0.922. The summed E-state index contributed by atoms with van der Waals surface area (Å²) in [7, 11) is 0. The number of carboxylic acids is 1. The molecule has 2 aromatic rings. The average Bonchev–Trinajstić information content (AvgIpc) is 2.73. The zero-order valence-corrected chi connectivity index (χ0v) is 11.7. The highest BCUT2D eigenvalue weighted by molar-refractivity contribution is 5.78. The number of aliphatic carboxylic acids is 1. The summed E-state index contributed by atoms with van der Waals surface area (Å²) < 4.78 is 1.72. The first-order chi connectivity index (χ1) is 8.84. The Morgan fingerprint density at radius 3 is 2.68 bits per heavy atom. The van der Waals surface area contributed by atoms with Gasteiger partial charge >= 0.3 is 5.97 Å². The summed E-state index contributed by atoms with van der Waals surface area (Å²) in [5.74, 6) is -1.44. The molecule has 0 saturated heterocycles. The summed E-state index contributed by atoms with van der Waals surface area (Å²) in [5, 5.41) is 13.8. The number of hydrogen-bond donors (Lipinski definition) is 1. The third-order valence-electron chi connectivity index (χ3n) is 3.22. The van der Waals surface area contributed by atoms with Gasteiger partial charge in [0, 0.05) is 17.8 Å². The highest BCUT2D eigenvalue weighted by Gasteiger charge is 2.24. The van der Waals surface area contributed by atoms with Crippen LogP contribution in [0.1, 0.15) is 51.4 Å². The Labute approximate surface area is 112 Å². The van der Waals surface area contributed by atoms with E-state index in [0.717, 1.165) is 11.2 Å². The van der Waals surface area contributed by atoms with Gasteiger partial charge in [0.25, 0.3) is 0 Å².